The topological polar surface area (TPSA) is 65.1 Å². The third kappa shape index (κ3) is 2.68. The molecule has 0 fully saturated rings. The van der Waals surface area contributed by atoms with Crippen LogP contribution in [-0.2, 0) is 6.54 Å². The minimum atomic E-state index is -0.399. The zero-order chi connectivity index (χ0) is 14.7. The fraction of sp³-hybridized carbons (Fsp3) is 0.357. The Morgan fingerprint density at radius 2 is 2.20 bits per heavy atom. The summed E-state index contributed by atoms with van der Waals surface area (Å²) in [7, 11) is 1.43. The molecule has 108 valence electrons. The number of nitrogens with one attached hydrogen (secondary N) is 1. The van der Waals surface area contributed by atoms with Gasteiger partial charge < -0.3 is 15.8 Å². The summed E-state index contributed by atoms with van der Waals surface area (Å²) in [6, 6.07) is 4.58. The highest BCUT2D eigenvalue weighted by Gasteiger charge is 2.13. The van der Waals surface area contributed by atoms with Crippen LogP contribution >= 0.6 is 0 Å². The Morgan fingerprint density at radius 1 is 1.45 bits per heavy atom. The number of hydrogen-bond donors (Lipinski definition) is 2. The van der Waals surface area contributed by atoms with Crippen molar-refractivity contribution in [3.05, 3.63) is 29.7 Å². The van der Waals surface area contributed by atoms with E-state index in [9.17, 15) is 4.39 Å². The van der Waals surface area contributed by atoms with E-state index in [4.69, 9.17) is 10.5 Å². The summed E-state index contributed by atoms with van der Waals surface area (Å²) in [6.45, 7) is 4.69. The predicted octanol–water partition coefficient (Wildman–Crippen LogP) is 3.08. The number of aryl methyl sites for hydroxylation is 2. The molecule has 0 aliphatic rings. The van der Waals surface area contributed by atoms with Crippen molar-refractivity contribution in [1.82, 2.24) is 9.78 Å². The molecule has 1 aromatic heterocycles. The summed E-state index contributed by atoms with van der Waals surface area (Å²) in [5.74, 6) is 0.508. The molecule has 0 bridgehead atoms. The van der Waals surface area contributed by atoms with E-state index < -0.39 is 5.82 Å². The van der Waals surface area contributed by atoms with E-state index in [1.54, 1.807) is 12.1 Å². The van der Waals surface area contributed by atoms with Gasteiger partial charge in [-0.25, -0.2) is 9.07 Å². The van der Waals surface area contributed by atoms with Crippen LogP contribution in [0, 0.1) is 12.7 Å². The van der Waals surface area contributed by atoms with Gasteiger partial charge in [0.25, 0.3) is 0 Å². The maximum atomic E-state index is 13.4. The first-order chi connectivity index (χ1) is 9.56. The van der Waals surface area contributed by atoms with Gasteiger partial charge in [-0.3, -0.25) is 0 Å². The van der Waals surface area contributed by atoms with Gasteiger partial charge in [0.05, 0.1) is 18.5 Å². The molecule has 0 aliphatic carbocycles. The minimum absolute atomic E-state index is 0.187. The number of anilines is 3. The quantitative estimate of drug-likeness (QED) is 0.882. The zero-order valence-electron chi connectivity index (χ0n) is 11.9. The van der Waals surface area contributed by atoms with E-state index in [0.29, 0.717) is 11.4 Å². The van der Waals surface area contributed by atoms with E-state index in [1.807, 2.05) is 11.6 Å². The highest BCUT2D eigenvalue weighted by atomic mass is 19.1. The molecule has 1 aromatic carbocycles. The highest BCUT2D eigenvalue weighted by molar-refractivity contribution is 5.71. The van der Waals surface area contributed by atoms with Gasteiger partial charge in [-0.05, 0) is 25.5 Å². The van der Waals surface area contributed by atoms with Crippen molar-refractivity contribution >= 4 is 17.2 Å². The second-order valence-electron chi connectivity index (χ2n) is 4.55. The molecule has 0 saturated carbocycles. The van der Waals surface area contributed by atoms with Gasteiger partial charge in [0.15, 0.2) is 17.4 Å². The molecule has 20 heavy (non-hydrogen) atoms. The molecule has 6 heteroatoms. The molecule has 0 atom stereocenters. The van der Waals surface area contributed by atoms with E-state index in [-0.39, 0.29) is 5.75 Å². The van der Waals surface area contributed by atoms with Crippen molar-refractivity contribution in [2.75, 3.05) is 18.2 Å². The molecule has 1 heterocycles. The van der Waals surface area contributed by atoms with Gasteiger partial charge in [0.2, 0.25) is 0 Å². The van der Waals surface area contributed by atoms with E-state index in [0.717, 1.165) is 24.5 Å². The number of benzene rings is 1. The average Bonchev–Trinajstić information content (AvgIpc) is 2.69. The number of nitrogen functional groups attached to an aromatic ring is 1. The lowest BCUT2D eigenvalue weighted by Gasteiger charge is -2.11. The number of halogens is 1. The molecule has 5 nitrogen and oxygen atoms in total. The normalized spacial score (nSPS) is 10.6. The Morgan fingerprint density at radius 3 is 2.85 bits per heavy atom. The Kier molecular flexibility index (Phi) is 4.12. The monoisotopic (exact) mass is 278 g/mol. The summed E-state index contributed by atoms with van der Waals surface area (Å²) < 4.78 is 20.2. The summed E-state index contributed by atoms with van der Waals surface area (Å²) in [5, 5.41) is 7.56. The molecular weight excluding hydrogens is 259 g/mol. The van der Waals surface area contributed by atoms with Crippen molar-refractivity contribution in [3.8, 4) is 5.75 Å². The number of nitrogens with zero attached hydrogens (tertiary/aromatic N) is 2. The number of rotatable bonds is 5. The lowest BCUT2D eigenvalue weighted by Crippen LogP contribution is -2.06. The van der Waals surface area contributed by atoms with Crippen LogP contribution in [-0.4, -0.2) is 16.9 Å². The molecular formula is C14H19FN4O. The maximum Gasteiger partial charge on any atom is 0.165 e. The smallest absolute Gasteiger partial charge is 0.165 e. The highest BCUT2D eigenvalue weighted by Crippen LogP contribution is 2.29. The van der Waals surface area contributed by atoms with Crippen LogP contribution in [0.3, 0.4) is 0 Å². The van der Waals surface area contributed by atoms with Crippen molar-refractivity contribution in [2.45, 2.75) is 26.8 Å². The number of aromatic nitrogens is 2. The third-order valence-electron chi connectivity index (χ3n) is 3.02. The molecule has 0 unspecified atom stereocenters. The first kappa shape index (κ1) is 14.2. The second-order valence-corrected chi connectivity index (χ2v) is 4.55. The Labute approximate surface area is 117 Å². The molecule has 3 N–H and O–H groups in total. The molecule has 0 amide bonds. The van der Waals surface area contributed by atoms with E-state index in [1.165, 1.54) is 13.2 Å². The fourth-order valence-corrected chi connectivity index (χ4v) is 1.98. The predicted molar refractivity (Wildman–Crippen MR) is 77.9 cm³/mol. The van der Waals surface area contributed by atoms with Crippen molar-refractivity contribution in [3.63, 3.8) is 0 Å². The standard InChI is InChI=1S/C14H19FN4O/c1-4-7-19-14(13(16)9(2)18-19)17-10-5-6-11(15)12(8-10)20-3/h5-6,8,17H,4,7,16H2,1-3H3. The van der Waals surface area contributed by atoms with Crippen LogP contribution in [0.5, 0.6) is 5.75 Å². The van der Waals surface area contributed by atoms with Gasteiger partial charge in [0.1, 0.15) is 0 Å². The van der Waals surface area contributed by atoms with E-state index in [2.05, 4.69) is 17.3 Å². The average molecular weight is 278 g/mol. The third-order valence-corrected chi connectivity index (χ3v) is 3.02. The SMILES string of the molecule is CCCn1nc(C)c(N)c1Nc1ccc(F)c(OC)c1. The van der Waals surface area contributed by atoms with Crippen molar-refractivity contribution in [1.29, 1.82) is 0 Å². The van der Waals surface area contributed by atoms with Crippen LogP contribution in [0.15, 0.2) is 18.2 Å². The molecule has 0 saturated heterocycles. The summed E-state index contributed by atoms with van der Waals surface area (Å²) in [6.07, 6.45) is 0.946. The van der Waals surface area contributed by atoms with Crippen LogP contribution in [0.2, 0.25) is 0 Å². The van der Waals surface area contributed by atoms with Gasteiger partial charge in [0, 0.05) is 18.3 Å². The Bertz CT molecular complexity index is 609. The first-order valence-corrected chi connectivity index (χ1v) is 6.50. The summed E-state index contributed by atoms with van der Waals surface area (Å²) >= 11 is 0. The second kappa shape index (κ2) is 5.81. The lowest BCUT2D eigenvalue weighted by molar-refractivity contribution is 0.387. The minimum Gasteiger partial charge on any atom is -0.494 e. The van der Waals surface area contributed by atoms with Crippen LogP contribution in [0.25, 0.3) is 0 Å². The summed E-state index contributed by atoms with van der Waals surface area (Å²) in [4.78, 5) is 0. The van der Waals surface area contributed by atoms with Gasteiger partial charge >= 0.3 is 0 Å². The van der Waals surface area contributed by atoms with Crippen molar-refractivity contribution in [2.24, 2.45) is 0 Å². The van der Waals surface area contributed by atoms with E-state index >= 15 is 0 Å². The molecule has 2 rings (SSSR count). The number of hydrogen-bond acceptors (Lipinski definition) is 4. The zero-order valence-corrected chi connectivity index (χ0v) is 11.9. The number of nitrogens with two attached hydrogens (primary N) is 1. The summed E-state index contributed by atoms with van der Waals surface area (Å²) in [5.41, 5.74) is 8.10. The Balaban J connectivity index is 2.34. The van der Waals surface area contributed by atoms with Gasteiger partial charge in [-0.15, -0.1) is 0 Å². The Hall–Kier alpha value is -2.24. The molecule has 0 radical (unpaired) electrons. The number of methoxy groups -OCH3 is 1. The van der Waals surface area contributed by atoms with Crippen LogP contribution in [0.4, 0.5) is 21.6 Å². The van der Waals surface area contributed by atoms with Gasteiger partial charge in [-0.2, -0.15) is 5.10 Å². The maximum absolute atomic E-state index is 13.4. The molecule has 0 aliphatic heterocycles. The first-order valence-electron chi connectivity index (χ1n) is 6.50. The number of ether oxygens (including phenoxy) is 1. The largest absolute Gasteiger partial charge is 0.494 e. The van der Waals surface area contributed by atoms with Crippen LogP contribution < -0.4 is 15.8 Å². The van der Waals surface area contributed by atoms with Gasteiger partial charge in [-0.1, -0.05) is 6.92 Å². The van der Waals surface area contributed by atoms with Crippen LogP contribution in [0.1, 0.15) is 19.0 Å². The fourth-order valence-electron chi connectivity index (χ4n) is 1.98. The lowest BCUT2D eigenvalue weighted by atomic mass is 10.2. The molecule has 2 aromatic rings. The van der Waals surface area contributed by atoms with Crippen molar-refractivity contribution < 1.29 is 9.13 Å². The molecule has 0 spiro atoms.